The number of amides is 1. The van der Waals surface area contributed by atoms with Gasteiger partial charge in [0.25, 0.3) is 0 Å². The quantitative estimate of drug-likeness (QED) is 0.608. The van der Waals surface area contributed by atoms with Gasteiger partial charge in [-0.1, -0.05) is 24.3 Å². The summed E-state index contributed by atoms with van der Waals surface area (Å²) in [5.74, 6) is 2.30. The first-order chi connectivity index (χ1) is 12.6. The van der Waals surface area contributed by atoms with Crippen LogP contribution < -0.4 is 14.2 Å². The van der Waals surface area contributed by atoms with Crippen molar-refractivity contribution in [1.29, 1.82) is 0 Å². The number of ether oxygens (including phenoxy) is 3. The summed E-state index contributed by atoms with van der Waals surface area (Å²) in [5.41, 5.74) is 1.16. The summed E-state index contributed by atoms with van der Waals surface area (Å²) in [5, 5.41) is 0. The fourth-order valence-corrected chi connectivity index (χ4v) is 2.46. The van der Waals surface area contributed by atoms with Crippen LogP contribution in [0.3, 0.4) is 0 Å². The van der Waals surface area contributed by atoms with E-state index in [1.807, 2.05) is 55.5 Å². The standard InChI is InChI=1S/C21H27NO4/c1-17-8-6-9-18(16-17)25-14-7-12-21(23)22(2)13-15-26-20-11-5-4-10-19(20)24-3/h4-6,8-11,16H,7,12-15H2,1-3H3. The van der Waals surface area contributed by atoms with E-state index in [0.717, 1.165) is 11.3 Å². The van der Waals surface area contributed by atoms with E-state index in [9.17, 15) is 4.79 Å². The molecule has 0 radical (unpaired) electrons. The van der Waals surface area contributed by atoms with E-state index >= 15 is 0 Å². The van der Waals surface area contributed by atoms with Crippen LogP contribution in [0.15, 0.2) is 48.5 Å². The van der Waals surface area contributed by atoms with Crippen molar-refractivity contribution in [2.24, 2.45) is 0 Å². The molecule has 0 bridgehead atoms. The molecule has 0 unspecified atom stereocenters. The third kappa shape index (κ3) is 6.31. The molecule has 0 aliphatic rings. The molecule has 0 saturated heterocycles. The lowest BCUT2D eigenvalue weighted by molar-refractivity contribution is -0.130. The van der Waals surface area contributed by atoms with Crippen molar-refractivity contribution in [2.75, 3.05) is 33.9 Å². The predicted octanol–water partition coefficient (Wildman–Crippen LogP) is 3.70. The van der Waals surface area contributed by atoms with E-state index in [1.165, 1.54) is 0 Å². The van der Waals surface area contributed by atoms with Crippen LogP contribution in [0.4, 0.5) is 0 Å². The van der Waals surface area contributed by atoms with Gasteiger partial charge in [0.15, 0.2) is 11.5 Å². The smallest absolute Gasteiger partial charge is 0.222 e. The van der Waals surface area contributed by atoms with Crippen LogP contribution in [0, 0.1) is 6.92 Å². The second-order valence-electron chi connectivity index (χ2n) is 6.08. The van der Waals surface area contributed by atoms with Crippen molar-refractivity contribution in [1.82, 2.24) is 4.90 Å². The maximum atomic E-state index is 12.2. The number of carbonyl (C=O) groups excluding carboxylic acids is 1. The Hall–Kier alpha value is -2.69. The first kappa shape index (κ1) is 19.6. The van der Waals surface area contributed by atoms with Gasteiger partial charge < -0.3 is 19.1 Å². The van der Waals surface area contributed by atoms with E-state index in [0.29, 0.717) is 44.1 Å². The van der Waals surface area contributed by atoms with E-state index in [4.69, 9.17) is 14.2 Å². The third-order valence-corrected chi connectivity index (χ3v) is 3.97. The average molecular weight is 357 g/mol. The van der Waals surface area contributed by atoms with Crippen LogP contribution in [0.2, 0.25) is 0 Å². The number of rotatable bonds is 10. The van der Waals surface area contributed by atoms with E-state index in [1.54, 1.807) is 19.1 Å². The van der Waals surface area contributed by atoms with E-state index in [2.05, 4.69) is 0 Å². The average Bonchev–Trinajstić information content (AvgIpc) is 2.65. The van der Waals surface area contributed by atoms with Gasteiger partial charge in [0.1, 0.15) is 12.4 Å². The first-order valence-electron chi connectivity index (χ1n) is 8.79. The summed E-state index contributed by atoms with van der Waals surface area (Å²) in [7, 11) is 3.39. The zero-order chi connectivity index (χ0) is 18.8. The van der Waals surface area contributed by atoms with Gasteiger partial charge in [-0.05, 0) is 43.2 Å². The molecule has 0 aromatic heterocycles. The van der Waals surface area contributed by atoms with Gasteiger partial charge in [0.2, 0.25) is 5.91 Å². The minimum Gasteiger partial charge on any atom is -0.494 e. The lowest BCUT2D eigenvalue weighted by Gasteiger charge is -2.18. The molecule has 26 heavy (non-hydrogen) atoms. The minimum atomic E-state index is 0.0847. The molecule has 0 N–H and O–H groups in total. The Labute approximate surface area is 155 Å². The van der Waals surface area contributed by atoms with Gasteiger partial charge >= 0.3 is 0 Å². The van der Waals surface area contributed by atoms with Gasteiger partial charge in [-0.15, -0.1) is 0 Å². The Balaban J connectivity index is 1.64. The number of benzene rings is 2. The number of methoxy groups -OCH3 is 1. The first-order valence-corrected chi connectivity index (χ1v) is 8.79. The maximum Gasteiger partial charge on any atom is 0.222 e. The number of hydrogen-bond acceptors (Lipinski definition) is 4. The highest BCUT2D eigenvalue weighted by Gasteiger charge is 2.09. The Morgan fingerprint density at radius 1 is 1.00 bits per heavy atom. The number of carbonyl (C=O) groups is 1. The fraction of sp³-hybridized carbons (Fsp3) is 0.381. The lowest BCUT2D eigenvalue weighted by Crippen LogP contribution is -2.31. The monoisotopic (exact) mass is 357 g/mol. The van der Waals surface area contributed by atoms with Gasteiger partial charge in [-0.2, -0.15) is 0 Å². The zero-order valence-electron chi connectivity index (χ0n) is 15.7. The highest BCUT2D eigenvalue weighted by molar-refractivity contribution is 5.75. The maximum absolute atomic E-state index is 12.2. The number of nitrogens with zero attached hydrogens (tertiary/aromatic N) is 1. The van der Waals surface area contributed by atoms with Gasteiger partial charge in [0.05, 0.1) is 20.3 Å². The minimum absolute atomic E-state index is 0.0847. The number of hydrogen-bond donors (Lipinski definition) is 0. The Morgan fingerprint density at radius 3 is 2.50 bits per heavy atom. The van der Waals surface area contributed by atoms with Gasteiger partial charge in [-0.25, -0.2) is 0 Å². The molecule has 5 nitrogen and oxygen atoms in total. The van der Waals surface area contributed by atoms with Gasteiger partial charge in [-0.3, -0.25) is 4.79 Å². The summed E-state index contributed by atoms with van der Waals surface area (Å²) in [6, 6.07) is 15.4. The summed E-state index contributed by atoms with van der Waals surface area (Å²) in [6.07, 6.45) is 1.14. The van der Waals surface area contributed by atoms with Crippen LogP contribution >= 0.6 is 0 Å². The predicted molar refractivity (Wildman–Crippen MR) is 102 cm³/mol. The molecule has 2 aromatic rings. The van der Waals surface area contributed by atoms with Gasteiger partial charge in [0, 0.05) is 13.5 Å². The number of aryl methyl sites for hydroxylation is 1. The molecule has 0 aliphatic heterocycles. The molecule has 0 spiro atoms. The Kier molecular flexibility index (Phi) is 7.80. The highest BCUT2D eigenvalue weighted by atomic mass is 16.5. The fourth-order valence-electron chi connectivity index (χ4n) is 2.46. The van der Waals surface area contributed by atoms with Crippen molar-refractivity contribution >= 4 is 5.91 Å². The van der Waals surface area contributed by atoms with Crippen LogP contribution in [-0.2, 0) is 4.79 Å². The third-order valence-electron chi connectivity index (χ3n) is 3.97. The molecule has 2 aromatic carbocycles. The molecule has 2 rings (SSSR count). The van der Waals surface area contributed by atoms with E-state index in [-0.39, 0.29) is 5.91 Å². The molecular formula is C21H27NO4. The molecule has 0 fully saturated rings. The van der Waals surface area contributed by atoms with Crippen molar-refractivity contribution in [3.05, 3.63) is 54.1 Å². The molecule has 140 valence electrons. The Morgan fingerprint density at radius 2 is 1.77 bits per heavy atom. The lowest BCUT2D eigenvalue weighted by atomic mass is 10.2. The molecule has 0 saturated carbocycles. The summed E-state index contributed by atoms with van der Waals surface area (Å²) in [4.78, 5) is 13.8. The van der Waals surface area contributed by atoms with Crippen molar-refractivity contribution in [3.8, 4) is 17.2 Å². The largest absolute Gasteiger partial charge is 0.494 e. The molecule has 0 heterocycles. The SMILES string of the molecule is COc1ccccc1OCCN(C)C(=O)CCCOc1cccc(C)c1. The van der Waals surface area contributed by atoms with E-state index < -0.39 is 0 Å². The van der Waals surface area contributed by atoms with Crippen LogP contribution in [0.25, 0.3) is 0 Å². The molecule has 5 heteroatoms. The summed E-state index contributed by atoms with van der Waals surface area (Å²) in [6.45, 7) is 3.50. The van der Waals surface area contributed by atoms with Crippen molar-refractivity contribution in [3.63, 3.8) is 0 Å². The molecule has 0 aliphatic carbocycles. The summed E-state index contributed by atoms with van der Waals surface area (Å²) < 4.78 is 16.6. The highest BCUT2D eigenvalue weighted by Crippen LogP contribution is 2.25. The van der Waals surface area contributed by atoms with Crippen LogP contribution in [0.5, 0.6) is 17.2 Å². The molecule has 0 atom stereocenters. The number of para-hydroxylation sites is 2. The zero-order valence-corrected chi connectivity index (χ0v) is 15.7. The summed E-state index contributed by atoms with van der Waals surface area (Å²) >= 11 is 0. The molecular weight excluding hydrogens is 330 g/mol. The van der Waals surface area contributed by atoms with Crippen molar-refractivity contribution < 1.29 is 19.0 Å². The Bertz CT molecular complexity index is 702. The topological polar surface area (TPSA) is 48.0 Å². The number of likely N-dealkylation sites (N-methyl/N-ethyl adjacent to an activating group) is 1. The second-order valence-corrected chi connectivity index (χ2v) is 6.08. The van der Waals surface area contributed by atoms with Crippen molar-refractivity contribution in [2.45, 2.75) is 19.8 Å². The molecule has 1 amide bonds. The normalized spacial score (nSPS) is 10.3. The van der Waals surface area contributed by atoms with Crippen LogP contribution in [0.1, 0.15) is 18.4 Å². The van der Waals surface area contributed by atoms with Crippen LogP contribution in [-0.4, -0.2) is 44.7 Å². The second kappa shape index (κ2) is 10.3.